The molecule has 0 aromatic heterocycles. The summed E-state index contributed by atoms with van der Waals surface area (Å²) >= 11 is 0. The Morgan fingerprint density at radius 2 is 2.15 bits per heavy atom. The quantitative estimate of drug-likeness (QED) is 0.665. The van der Waals surface area contributed by atoms with Crippen LogP contribution in [0.5, 0.6) is 0 Å². The van der Waals surface area contributed by atoms with Crippen molar-refractivity contribution in [2.75, 3.05) is 0 Å². The minimum Gasteiger partial charge on any atom is -0.268 e. The van der Waals surface area contributed by atoms with E-state index in [0.717, 1.165) is 11.4 Å². The van der Waals surface area contributed by atoms with Crippen LogP contribution in [0.2, 0.25) is 0 Å². The molecule has 2 rings (SSSR count). The van der Waals surface area contributed by atoms with Crippen molar-refractivity contribution in [3.63, 3.8) is 0 Å². The Labute approximate surface area is 77.8 Å². The van der Waals surface area contributed by atoms with E-state index in [-0.39, 0.29) is 0 Å². The van der Waals surface area contributed by atoms with Gasteiger partial charge in [0, 0.05) is 24.0 Å². The summed E-state index contributed by atoms with van der Waals surface area (Å²) in [6.45, 7) is 6.26. The number of fused-ring (bicyclic) bond motifs is 1. The lowest BCUT2D eigenvalue weighted by atomic mass is 10.2. The van der Waals surface area contributed by atoms with Crippen molar-refractivity contribution in [2.45, 2.75) is 26.8 Å². The van der Waals surface area contributed by atoms with Gasteiger partial charge in [0.05, 0.1) is 0 Å². The van der Waals surface area contributed by atoms with Crippen LogP contribution in [-0.4, -0.2) is 14.8 Å². The van der Waals surface area contributed by atoms with Crippen LogP contribution < -0.4 is 0 Å². The molecule has 2 aliphatic heterocycles. The van der Waals surface area contributed by atoms with Crippen LogP contribution in [0.3, 0.4) is 0 Å². The predicted molar refractivity (Wildman–Crippen MR) is 51.8 cm³/mol. The van der Waals surface area contributed by atoms with Gasteiger partial charge in [-0.3, -0.25) is 4.68 Å². The highest BCUT2D eigenvalue weighted by Crippen LogP contribution is 2.21. The van der Waals surface area contributed by atoms with Gasteiger partial charge in [0.15, 0.2) is 5.82 Å². The molecule has 3 heteroatoms. The number of nitrogens with zero attached hydrogens (tertiary/aromatic N) is 3. The van der Waals surface area contributed by atoms with Gasteiger partial charge in [-0.2, -0.15) is 5.10 Å². The number of aromatic nitrogens is 3. The average Bonchev–Trinajstić information content (AvgIpc) is 2.47. The molecule has 0 amide bonds. The Hall–Kier alpha value is -1.38. The third-order valence-corrected chi connectivity index (χ3v) is 2.18. The average molecular weight is 175 g/mol. The molecule has 0 aromatic rings. The maximum Gasteiger partial charge on any atom is 0.179 e. The Kier molecular flexibility index (Phi) is 1.79. The van der Waals surface area contributed by atoms with E-state index in [1.54, 1.807) is 0 Å². The second kappa shape index (κ2) is 2.83. The van der Waals surface area contributed by atoms with Crippen LogP contribution in [0, 0.1) is 6.92 Å². The molecule has 0 spiro atoms. The highest BCUT2D eigenvalue weighted by molar-refractivity contribution is 5.60. The second-order valence-electron chi connectivity index (χ2n) is 3.57. The van der Waals surface area contributed by atoms with Crippen LogP contribution in [0.25, 0.3) is 11.4 Å². The van der Waals surface area contributed by atoms with Gasteiger partial charge in [-0.25, -0.2) is 4.98 Å². The largest absolute Gasteiger partial charge is 0.268 e. The van der Waals surface area contributed by atoms with Crippen molar-refractivity contribution in [3.8, 4) is 11.4 Å². The summed E-state index contributed by atoms with van der Waals surface area (Å²) in [6, 6.07) is 2.46. The molecule has 0 unspecified atom stereocenters. The van der Waals surface area contributed by atoms with E-state index in [1.807, 2.05) is 17.1 Å². The van der Waals surface area contributed by atoms with Crippen molar-refractivity contribution in [1.82, 2.24) is 14.8 Å². The van der Waals surface area contributed by atoms with Gasteiger partial charge in [0.25, 0.3) is 0 Å². The van der Waals surface area contributed by atoms with Gasteiger partial charge in [0.1, 0.15) is 0 Å². The predicted octanol–water partition coefficient (Wildman–Crippen LogP) is 2.27. The zero-order valence-corrected chi connectivity index (χ0v) is 8.15. The number of aryl methyl sites for hydroxylation is 1. The molecule has 0 saturated heterocycles. The molecule has 3 nitrogen and oxygen atoms in total. The molecule has 0 radical (unpaired) electrons. The van der Waals surface area contributed by atoms with E-state index >= 15 is 0 Å². The first-order chi connectivity index (χ1) is 6.18. The molecule has 0 aliphatic carbocycles. The molecule has 13 heavy (non-hydrogen) atoms. The molecule has 0 N–H and O–H groups in total. The molecule has 0 bridgehead atoms. The standard InChI is InChI=1S/C10H13N3/c1-7(2)13-5-4-9-8(3)6-11-10(9)12-13/h4-7H,1-3H3. The zero-order valence-electron chi connectivity index (χ0n) is 8.15. The van der Waals surface area contributed by atoms with Crippen LogP contribution in [0.4, 0.5) is 0 Å². The van der Waals surface area contributed by atoms with Crippen LogP contribution in [0.1, 0.15) is 25.5 Å². The maximum absolute atomic E-state index is 4.40. The van der Waals surface area contributed by atoms with Crippen LogP contribution in [0.15, 0.2) is 18.5 Å². The molecular formula is C10H13N3. The summed E-state index contributed by atoms with van der Waals surface area (Å²) in [6.07, 6.45) is 3.87. The van der Waals surface area contributed by atoms with Crippen molar-refractivity contribution in [3.05, 3.63) is 24.0 Å². The lowest BCUT2D eigenvalue weighted by Crippen LogP contribution is -2.07. The molecule has 0 fully saturated rings. The fourth-order valence-corrected chi connectivity index (χ4v) is 1.34. The van der Waals surface area contributed by atoms with Crippen molar-refractivity contribution >= 4 is 0 Å². The second-order valence-corrected chi connectivity index (χ2v) is 3.57. The molecular weight excluding hydrogens is 162 g/mol. The number of hydrogen-bond donors (Lipinski definition) is 0. The van der Waals surface area contributed by atoms with E-state index in [0.29, 0.717) is 6.04 Å². The summed E-state index contributed by atoms with van der Waals surface area (Å²) in [7, 11) is 0. The van der Waals surface area contributed by atoms with E-state index in [2.05, 4.69) is 36.9 Å². The molecule has 0 aromatic carbocycles. The van der Waals surface area contributed by atoms with Gasteiger partial charge in [-0.1, -0.05) is 0 Å². The van der Waals surface area contributed by atoms with E-state index in [1.165, 1.54) is 5.56 Å². The highest BCUT2D eigenvalue weighted by Gasteiger charge is 2.10. The van der Waals surface area contributed by atoms with Gasteiger partial charge >= 0.3 is 0 Å². The monoisotopic (exact) mass is 175 g/mol. The summed E-state index contributed by atoms with van der Waals surface area (Å²) in [5, 5.41) is 4.40. The zero-order chi connectivity index (χ0) is 9.42. The Balaban J connectivity index is 2.57. The van der Waals surface area contributed by atoms with Gasteiger partial charge in [-0.05, 0) is 32.4 Å². The first-order valence-corrected chi connectivity index (χ1v) is 4.49. The fraction of sp³-hybridized carbons (Fsp3) is 0.400. The first-order valence-electron chi connectivity index (χ1n) is 4.49. The maximum atomic E-state index is 4.40. The Morgan fingerprint density at radius 3 is 2.85 bits per heavy atom. The number of rotatable bonds is 1. The van der Waals surface area contributed by atoms with Gasteiger partial charge in [-0.15, -0.1) is 0 Å². The van der Waals surface area contributed by atoms with Crippen molar-refractivity contribution < 1.29 is 0 Å². The summed E-state index contributed by atoms with van der Waals surface area (Å²) < 4.78 is 1.93. The molecule has 2 heterocycles. The minimum atomic E-state index is 0.390. The van der Waals surface area contributed by atoms with Gasteiger partial charge < -0.3 is 0 Å². The minimum absolute atomic E-state index is 0.390. The topological polar surface area (TPSA) is 30.7 Å². The smallest absolute Gasteiger partial charge is 0.179 e. The van der Waals surface area contributed by atoms with Gasteiger partial charge in [0.2, 0.25) is 0 Å². The van der Waals surface area contributed by atoms with Crippen molar-refractivity contribution in [1.29, 1.82) is 0 Å². The lowest BCUT2D eigenvalue weighted by molar-refractivity contribution is 0.520. The fourth-order valence-electron chi connectivity index (χ4n) is 1.34. The number of hydrogen-bond acceptors (Lipinski definition) is 2. The molecule has 0 saturated carbocycles. The lowest BCUT2D eigenvalue weighted by Gasteiger charge is -2.10. The first kappa shape index (κ1) is 8.23. The molecule has 0 atom stereocenters. The summed E-state index contributed by atoms with van der Waals surface area (Å²) in [5.74, 6) is 0.841. The SMILES string of the molecule is Cc1cnc2nn(C(C)C)ccc1-2. The normalized spacial score (nSPS) is 11.4. The summed E-state index contributed by atoms with van der Waals surface area (Å²) in [4.78, 5) is 4.23. The summed E-state index contributed by atoms with van der Waals surface area (Å²) in [5.41, 5.74) is 2.34. The van der Waals surface area contributed by atoms with Crippen LogP contribution >= 0.6 is 0 Å². The molecule has 2 aliphatic rings. The Bertz CT molecular complexity index is 389. The third kappa shape index (κ3) is 1.30. The highest BCUT2D eigenvalue weighted by atomic mass is 15.3. The molecule has 68 valence electrons. The van der Waals surface area contributed by atoms with E-state index in [4.69, 9.17) is 0 Å². The van der Waals surface area contributed by atoms with E-state index < -0.39 is 0 Å². The van der Waals surface area contributed by atoms with Crippen LogP contribution in [-0.2, 0) is 0 Å². The van der Waals surface area contributed by atoms with E-state index in [9.17, 15) is 0 Å². The Morgan fingerprint density at radius 1 is 1.38 bits per heavy atom. The van der Waals surface area contributed by atoms with Crippen molar-refractivity contribution in [2.24, 2.45) is 0 Å². The third-order valence-electron chi connectivity index (χ3n) is 2.18.